The monoisotopic (exact) mass is 376 g/mol. The van der Waals surface area contributed by atoms with Gasteiger partial charge in [-0.25, -0.2) is 0 Å². The van der Waals surface area contributed by atoms with Crippen molar-refractivity contribution in [2.24, 2.45) is 5.92 Å². The SMILES string of the molecule is CCCCCCCCCC(=O)Oc1ccccc1OC(=O)CCCC(C)C. The number of carbonyl (C=O) groups excluding carboxylic acids is 2. The Balaban J connectivity index is 2.35. The van der Waals surface area contributed by atoms with E-state index in [9.17, 15) is 9.59 Å². The maximum atomic E-state index is 12.1. The minimum atomic E-state index is -0.286. The molecule has 0 amide bonds. The Bertz CT molecular complexity index is 551. The van der Waals surface area contributed by atoms with Crippen molar-refractivity contribution in [2.45, 2.75) is 91.4 Å². The van der Waals surface area contributed by atoms with E-state index in [1.54, 1.807) is 24.3 Å². The summed E-state index contributed by atoms with van der Waals surface area (Å²) < 4.78 is 10.8. The van der Waals surface area contributed by atoms with E-state index in [1.165, 1.54) is 25.7 Å². The second kappa shape index (κ2) is 14.2. The minimum absolute atomic E-state index is 0.271. The zero-order valence-electron chi connectivity index (χ0n) is 17.3. The summed E-state index contributed by atoms with van der Waals surface area (Å²) in [4.78, 5) is 24.1. The summed E-state index contributed by atoms with van der Waals surface area (Å²) in [5.41, 5.74) is 0. The lowest BCUT2D eigenvalue weighted by atomic mass is 10.1. The lowest BCUT2D eigenvalue weighted by Gasteiger charge is -2.10. The molecule has 0 fully saturated rings. The molecular formula is C23H36O4. The van der Waals surface area contributed by atoms with E-state index >= 15 is 0 Å². The molecule has 152 valence electrons. The van der Waals surface area contributed by atoms with Crippen molar-refractivity contribution in [2.75, 3.05) is 0 Å². The molecule has 0 radical (unpaired) electrons. The topological polar surface area (TPSA) is 52.6 Å². The Morgan fingerprint density at radius 2 is 1.26 bits per heavy atom. The van der Waals surface area contributed by atoms with Crippen LogP contribution < -0.4 is 9.47 Å². The predicted molar refractivity (Wildman–Crippen MR) is 109 cm³/mol. The van der Waals surface area contributed by atoms with Gasteiger partial charge in [0, 0.05) is 12.8 Å². The highest BCUT2D eigenvalue weighted by atomic mass is 16.6. The highest BCUT2D eigenvalue weighted by Crippen LogP contribution is 2.27. The number of hydrogen-bond acceptors (Lipinski definition) is 4. The van der Waals surface area contributed by atoms with Crippen molar-refractivity contribution in [3.8, 4) is 11.5 Å². The largest absolute Gasteiger partial charge is 0.423 e. The third kappa shape index (κ3) is 11.5. The minimum Gasteiger partial charge on any atom is -0.423 e. The molecule has 1 aromatic carbocycles. The first-order valence-electron chi connectivity index (χ1n) is 10.5. The second-order valence-corrected chi connectivity index (χ2v) is 7.55. The summed E-state index contributed by atoms with van der Waals surface area (Å²) in [6.07, 6.45) is 10.6. The Labute approximate surface area is 164 Å². The van der Waals surface area contributed by atoms with Gasteiger partial charge in [0.1, 0.15) is 0 Å². The number of carbonyl (C=O) groups is 2. The van der Waals surface area contributed by atoms with Crippen molar-refractivity contribution in [3.63, 3.8) is 0 Å². The fraction of sp³-hybridized carbons (Fsp3) is 0.652. The Morgan fingerprint density at radius 3 is 1.78 bits per heavy atom. The highest BCUT2D eigenvalue weighted by Gasteiger charge is 2.13. The van der Waals surface area contributed by atoms with Gasteiger partial charge >= 0.3 is 11.9 Å². The number of hydrogen-bond donors (Lipinski definition) is 0. The molecule has 0 aliphatic rings. The van der Waals surface area contributed by atoms with E-state index in [-0.39, 0.29) is 11.9 Å². The standard InChI is InChI=1S/C23H36O4/c1-4-5-6-7-8-9-10-17-22(24)26-20-15-11-12-16-21(20)27-23(25)18-13-14-19(2)3/h11-12,15-16,19H,4-10,13-14,17-18H2,1-3H3. The Kier molecular flexibility index (Phi) is 12.2. The second-order valence-electron chi connectivity index (χ2n) is 7.55. The third-order valence-corrected chi connectivity index (χ3v) is 4.44. The molecule has 0 saturated carbocycles. The molecule has 0 bridgehead atoms. The van der Waals surface area contributed by atoms with Crippen molar-refractivity contribution in [1.82, 2.24) is 0 Å². The predicted octanol–water partition coefficient (Wildman–Crippen LogP) is 6.46. The smallest absolute Gasteiger partial charge is 0.311 e. The fourth-order valence-corrected chi connectivity index (χ4v) is 2.85. The summed E-state index contributed by atoms with van der Waals surface area (Å²) >= 11 is 0. The Morgan fingerprint density at radius 1 is 0.778 bits per heavy atom. The van der Waals surface area contributed by atoms with Gasteiger partial charge in [-0.3, -0.25) is 9.59 Å². The van der Waals surface area contributed by atoms with Gasteiger partial charge in [0.25, 0.3) is 0 Å². The van der Waals surface area contributed by atoms with Gasteiger partial charge in [0.15, 0.2) is 11.5 Å². The fourth-order valence-electron chi connectivity index (χ4n) is 2.85. The number of unbranched alkanes of at least 4 members (excludes halogenated alkanes) is 6. The van der Waals surface area contributed by atoms with Crippen LogP contribution in [0.15, 0.2) is 24.3 Å². The van der Waals surface area contributed by atoms with Crippen LogP contribution in [-0.2, 0) is 9.59 Å². The molecule has 4 heteroatoms. The van der Waals surface area contributed by atoms with E-state index in [1.807, 2.05) is 0 Å². The molecule has 1 aromatic rings. The molecule has 4 nitrogen and oxygen atoms in total. The van der Waals surface area contributed by atoms with Gasteiger partial charge in [-0.2, -0.15) is 0 Å². The average Bonchev–Trinajstić information content (AvgIpc) is 2.62. The van der Waals surface area contributed by atoms with E-state index in [0.29, 0.717) is 30.3 Å². The number of para-hydroxylation sites is 2. The van der Waals surface area contributed by atoms with Crippen LogP contribution in [0.5, 0.6) is 11.5 Å². The molecule has 0 N–H and O–H groups in total. The van der Waals surface area contributed by atoms with E-state index in [0.717, 1.165) is 32.1 Å². The number of benzene rings is 1. The third-order valence-electron chi connectivity index (χ3n) is 4.44. The average molecular weight is 377 g/mol. The quantitative estimate of drug-likeness (QED) is 0.212. The molecule has 1 rings (SSSR count). The van der Waals surface area contributed by atoms with Crippen molar-refractivity contribution in [1.29, 1.82) is 0 Å². The molecule has 27 heavy (non-hydrogen) atoms. The molecule has 0 saturated heterocycles. The Hall–Kier alpha value is -1.84. The summed E-state index contributed by atoms with van der Waals surface area (Å²) in [6, 6.07) is 6.87. The van der Waals surface area contributed by atoms with Crippen LogP contribution >= 0.6 is 0 Å². The number of ether oxygens (including phenoxy) is 2. The van der Waals surface area contributed by atoms with Gasteiger partial charge in [-0.1, -0.05) is 77.8 Å². The molecule has 0 unspecified atom stereocenters. The van der Waals surface area contributed by atoms with Crippen LogP contribution in [0.2, 0.25) is 0 Å². The van der Waals surface area contributed by atoms with Gasteiger partial charge in [0.2, 0.25) is 0 Å². The zero-order chi connectivity index (χ0) is 19.9. The summed E-state index contributed by atoms with van der Waals surface area (Å²) in [6.45, 7) is 6.47. The van der Waals surface area contributed by atoms with Crippen LogP contribution in [0.25, 0.3) is 0 Å². The lowest BCUT2D eigenvalue weighted by molar-refractivity contribution is -0.137. The van der Waals surface area contributed by atoms with Gasteiger partial charge in [-0.05, 0) is 30.9 Å². The van der Waals surface area contributed by atoms with Crippen LogP contribution in [0, 0.1) is 5.92 Å². The highest BCUT2D eigenvalue weighted by molar-refractivity contribution is 5.76. The summed E-state index contributed by atoms with van der Waals surface area (Å²) in [7, 11) is 0. The first-order chi connectivity index (χ1) is 13.0. The number of esters is 2. The molecule has 0 aromatic heterocycles. The van der Waals surface area contributed by atoms with E-state index < -0.39 is 0 Å². The van der Waals surface area contributed by atoms with Crippen molar-refractivity contribution >= 4 is 11.9 Å². The first kappa shape index (κ1) is 23.2. The molecular weight excluding hydrogens is 340 g/mol. The first-order valence-corrected chi connectivity index (χ1v) is 10.5. The van der Waals surface area contributed by atoms with Crippen LogP contribution in [0.3, 0.4) is 0 Å². The van der Waals surface area contributed by atoms with E-state index in [4.69, 9.17) is 9.47 Å². The maximum Gasteiger partial charge on any atom is 0.311 e. The normalized spacial score (nSPS) is 10.8. The van der Waals surface area contributed by atoms with E-state index in [2.05, 4.69) is 20.8 Å². The van der Waals surface area contributed by atoms with Gasteiger partial charge < -0.3 is 9.47 Å². The maximum absolute atomic E-state index is 12.1. The molecule has 0 aliphatic carbocycles. The molecule has 0 spiro atoms. The molecule has 0 atom stereocenters. The molecule has 0 heterocycles. The lowest BCUT2D eigenvalue weighted by Crippen LogP contribution is -2.12. The van der Waals surface area contributed by atoms with Crippen LogP contribution in [0.1, 0.15) is 91.4 Å². The van der Waals surface area contributed by atoms with Crippen molar-refractivity contribution in [3.05, 3.63) is 24.3 Å². The summed E-state index contributed by atoms with van der Waals surface area (Å²) in [5.74, 6) is 0.651. The van der Waals surface area contributed by atoms with Gasteiger partial charge in [0.05, 0.1) is 0 Å². The van der Waals surface area contributed by atoms with Crippen LogP contribution in [0.4, 0.5) is 0 Å². The summed E-state index contributed by atoms with van der Waals surface area (Å²) in [5, 5.41) is 0. The van der Waals surface area contributed by atoms with Crippen molar-refractivity contribution < 1.29 is 19.1 Å². The number of rotatable bonds is 14. The van der Waals surface area contributed by atoms with Gasteiger partial charge in [-0.15, -0.1) is 0 Å². The zero-order valence-corrected chi connectivity index (χ0v) is 17.3. The van der Waals surface area contributed by atoms with Crippen LogP contribution in [-0.4, -0.2) is 11.9 Å². The molecule has 0 aliphatic heterocycles.